The zero-order chi connectivity index (χ0) is 15.6. The van der Waals surface area contributed by atoms with Gasteiger partial charge in [0.25, 0.3) is 0 Å². The Hall–Kier alpha value is -1.11. The number of piperidine rings is 1. The molecule has 0 spiro atoms. The van der Waals surface area contributed by atoms with Crippen molar-refractivity contribution in [3.63, 3.8) is 0 Å². The highest BCUT2D eigenvalue weighted by Crippen LogP contribution is 2.31. The Bertz CT molecular complexity index is 589. The Kier molecular flexibility index (Phi) is 4.91. The van der Waals surface area contributed by atoms with Gasteiger partial charge < -0.3 is 4.74 Å². The van der Waals surface area contributed by atoms with Crippen LogP contribution in [0, 0.1) is 13.8 Å². The third-order valence-electron chi connectivity index (χ3n) is 4.00. The number of aryl methyl sites for hydroxylation is 2. The van der Waals surface area contributed by atoms with E-state index in [1.165, 1.54) is 4.31 Å². The van der Waals surface area contributed by atoms with Crippen LogP contribution in [-0.2, 0) is 15.1 Å². The topological polar surface area (TPSA) is 66.5 Å². The fourth-order valence-corrected chi connectivity index (χ4v) is 5.10. The summed E-state index contributed by atoms with van der Waals surface area (Å²) in [6.45, 7) is 3.57. The predicted molar refractivity (Wildman–Crippen MR) is 79.6 cm³/mol. The number of rotatable bonds is 4. The Morgan fingerprint density at radius 1 is 1.24 bits per heavy atom. The Morgan fingerprint density at radius 3 is 2.38 bits per heavy atom. The van der Waals surface area contributed by atoms with Crippen LogP contribution in [0.2, 0.25) is 0 Å². The Labute approximate surface area is 126 Å². The number of methoxy groups -OCH3 is 1. The highest BCUT2D eigenvalue weighted by molar-refractivity contribution is 7.89. The molecule has 0 amide bonds. The zero-order valence-electron chi connectivity index (χ0n) is 12.8. The normalized spacial score (nSPS) is 20.5. The molecule has 1 radical (unpaired) electrons. The lowest BCUT2D eigenvalue weighted by Gasteiger charge is -2.33. The van der Waals surface area contributed by atoms with E-state index < -0.39 is 16.1 Å². The van der Waals surface area contributed by atoms with Crippen molar-refractivity contribution in [2.24, 2.45) is 0 Å². The molecule has 1 aromatic rings. The molecule has 1 aliphatic rings. The molecule has 0 aliphatic carbocycles. The molecule has 0 N–H and O–H groups in total. The highest BCUT2D eigenvalue weighted by Gasteiger charge is 2.35. The van der Waals surface area contributed by atoms with Crippen LogP contribution in [0.3, 0.4) is 0 Å². The van der Waals surface area contributed by atoms with E-state index in [-0.39, 0.29) is 6.61 Å². The number of hydrogen-bond donors (Lipinski definition) is 0. The molecular weight excluding hydrogens is 290 g/mol. The van der Waals surface area contributed by atoms with Crippen LogP contribution in [0.25, 0.3) is 0 Å². The largest absolute Gasteiger partial charge is 0.497 e. The van der Waals surface area contributed by atoms with Crippen molar-refractivity contribution in [2.45, 2.75) is 44.0 Å². The highest BCUT2D eigenvalue weighted by atomic mass is 32.2. The van der Waals surface area contributed by atoms with Gasteiger partial charge in [-0.1, -0.05) is 6.42 Å². The number of benzene rings is 1. The minimum Gasteiger partial charge on any atom is -0.497 e. The molecule has 0 bridgehead atoms. The predicted octanol–water partition coefficient (Wildman–Crippen LogP) is 2.29. The minimum atomic E-state index is -3.63. The van der Waals surface area contributed by atoms with E-state index in [1.54, 1.807) is 33.1 Å². The second kappa shape index (κ2) is 6.34. The second-order valence-electron chi connectivity index (χ2n) is 5.52. The molecule has 1 fully saturated rings. The number of sulfonamides is 1. The second-order valence-corrected chi connectivity index (χ2v) is 7.35. The van der Waals surface area contributed by atoms with E-state index in [0.29, 0.717) is 34.7 Å². The van der Waals surface area contributed by atoms with Gasteiger partial charge in [0.2, 0.25) is 10.0 Å². The molecule has 21 heavy (non-hydrogen) atoms. The Morgan fingerprint density at radius 2 is 1.86 bits per heavy atom. The summed E-state index contributed by atoms with van der Waals surface area (Å²) in [5, 5.41) is 11.3. The summed E-state index contributed by atoms with van der Waals surface area (Å²) in [5.74, 6) is 0.642. The van der Waals surface area contributed by atoms with Gasteiger partial charge in [0.15, 0.2) is 0 Å². The molecular formula is C15H22NO4S. The van der Waals surface area contributed by atoms with Crippen molar-refractivity contribution >= 4 is 10.0 Å². The van der Waals surface area contributed by atoms with Crippen molar-refractivity contribution in [2.75, 3.05) is 20.3 Å². The number of nitrogens with zero attached hydrogens (tertiary/aromatic N) is 1. The molecule has 1 atom stereocenters. The molecule has 1 aliphatic heterocycles. The van der Waals surface area contributed by atoms with Crippen LogP contribution in [0.1, 0.15) is 30.4 Å². The number of hydrogen-bond acceptors (Lipinski definition) is 3. The molecule has 1 saturated heterocycles. The first-order valence-corrected chi connectivity index (χ1v) is 8.61. The molecule has 1 heterocycles. The van der Waals surface area contributed by atoms with Crippen LogP contribution < -0.4 is 4.74 Å². The van der Waals surface area contributed by atoms with Gasteiger partial charge in [0.1, 0.15) is 5.75 Å². The van der Waals surface area contributed by atoms with Crippen LogP contribution in [0.5, 0.6) is 5.75 Å². The van der Waals surface area contributed by atoms with Gasteiger partial charge in [-0.3, -0.25) is 0 Å². The first-order valence-electron chi connectivity index (χ1n) is 7.17. The van der Waals surface area contributed by atoms with Gasteiger partial charge in [-0.15, -0.1) is 0 Å². The van der Waals surface area contributed by atoms with Gasteiger partial charge in [-0.2, -0.15) is 4.31 Å². The lowest BCUT2D eigenvalue weighted by Crippen LogP contribution is -2.45. The summed E-state index contributed by atoms with van der Waals surface area (Å²) < 4.78 is 32.5. The maximum atomic E-state index is 12.9. The van der Waals surface area contributed by atoms with Crippen molar-refractivity contribution in [1.29, 1.82) is 0 Å². The molecule has 6 heteroatoms. The smallest absolute Gasteiger partial charge is 0.243 e. The van der Waals surface area contributed by atoms with Crippen molar-refractivity contribution in [1.82, 2.24) is 4.31 Å². The van der Waals surface area contributed by atoms with Gasteiger partial charge >= 0.3 is 0 Å². The van der Waals surface area contributed by atoms with E-state index in [1.807, 2.05) is 0 Å². The van der Waals surface area contributed by atoms with Gasteiger partial charge in [-0.05, 0) is 49.9 Å². The third kappa shape index (κ3) is 3.07. The first-order chi connectivity index (χ1) is 9.91. The van der Waals surface area contributed by atoms with E-state index >= 15 is 0 Å². The van der Waals surface area contributed by atoms with E-state index in [2.05, 4.69) is 0 Å². The summed E-state index contributed by atoms with van der Waals surface area (Å²) in [5.41, 5.74) is 1.31. The third-order valence-corrected chi connectivity index (χ3v) is 6.26. The minimum absolute atomic E-state index is 0.309. The van der Waals surface area contributed by atoms with Crippen LogP contribution in [0.15, 0.2) is 17.0 Å². The molecule has 1 aromatic carbocycles. The summed E-state index contributed by atoms with van der Waals surface area (Å²) >= 11 is 0. The summed E-state index contributed by atoms with van der Waals surface area (Å²) in [6.07, 6.45) is 2.38. The summed E-state index contributed by atoms with van der Waals surface area (Å²) in [6, 6.07) is 3.01. The molecule has 117 valence electrons. The molecule has 0 saturated carbocycles. The van der Waals surface area contributed by atoms with Crippen molar-refractivity contribution < 1.29 is 18.3 Å². The average molecular weight is 312 g/mol. The van der Waals surface area contributed by atoms with Crippen molar-refractivity contribution in [3.8, 4) is 5.75 Å². The standard InChI is InChI=1S/C15H22NO4S/c1-11-8-14(20-3)9-12(2)15(11)21(18,19)16-7-5-4-6-13(16)10-17/h8-9,13H,4-7,10H2,1-3H3. The quantitative estimate of drug-likeness (QED) is 0.856. The molecule has 0 aromatic heterocycles. The Balaban J connectivity index is 2.48. The summed E-state index contributed by atoms with van der Waals surface area (Å²) in [7, 11) is -2.08. The van der Waals surface area contributed by atoms with Crippen LogP contribution in [0.4, 0.5) is 0 Å². The fraction of sp³-hybridized carbons (Fsp3) is 0.600. The molecule has 5 nitrogen and oxygen atoms in total. The van der Waals surface area contributed by atoms with Gasteiger partial charge in [-0.25, -0.2) is 13.5 Å². The lowest BCUT2D eigenvalue weighted by molar-refractivity contribution is 0.103. The maximum absolute atomic E-state index is 12.9. The SMILES string of the molecule is COc1cc(C)c(S(=O)(=O)N2CCCCC2C[O])c(C)c1. The van der Waals surface area contributed by atoms with Crippen LogP contribution in [-0.4, -0.2) is 39.0 Å². The van der Waals surface area contributed by atoms with Crippen LogP contribution >= 0.6 is 0 Å². The average Bonchev–Trinajstić information content (AvgIpc) is 2.46. The van der Waals surface area contributed by atoms with Crippen molar-refractivity contribution in [3.05, 3.63) is 23.3 Å². The van der Waals surface area contributed by atoms with Gasteiger partial charge in [0, 0.05) is 6.54 Å². The zero-order valence-corrected chi connectivity index (χ0v) is 13.6. The molecule has 1 unspecified atom stereocenters. The fourth-order valence-electron chi connectivity index (χ4n) is 3.01. The van der Waals surface area contributed by atoms with Gasteiger partial charge in [0.05, 0.1) is 24.7 Å². The van der Waals surface area contributed by atoms with E-state index in [9.17, 15) is 13.5 Å². The lowest BCUT2D eigenvalue weighted by atomic mass is 10.1. The summed E-state index contributed by atoms with van der Waals surface area (Å²) in [4.78, 5) is 0.309. The monoisotopic (exact) mass is 312 g/mol. The maximum Gasteiger partial charge on any atom is 0.243 e. The molecule has 2 rings (SSSR count). The van der Waals surface area contributed by atoms with E-state index in [0.717, 1.165) is 12.8 Å². The number of ether oxygens (including phenoxy) is 1. The van der Waals surface area contributed by atoms with E-state index in [4.69, 9.17) is 4.74 Å². The first kappa shape index (κ1) is 16.3.